The van der Waals surface area contributed by atoms with Crippen LogP contribution in [0.1, 0.15) is 52.9 Å². The zero-order chi connectivity index (χ0) is 14.1. The van der Waals surface area contributed by atoms with Crippen LogP contribution in [0.15, 0.2) is 0 Å². The minimum atomic E-state index is 0.719. The van der Waals surface area contributed by atoms with Gasteiger partial charge in [-0.15, -0.1) is 0 Å². The van der Waals surface area contributed by atoms with Crippen molar-refractivity contribution in [3.05, 3.63) is 0 Å². The van der Waals surface area contributed by atoms with Crippen LogP contribution in [0.2, 0.25) is 0 Å². The Labute approximate surface area is 120 Å². The van der Waals surface area contributed by atoms with Gasteiger partial charge in [-0.25, -0.2) is 0 Å². The Morgan fingerprint density at radius 3 is 2.74 bits per heavy atom. The van der Waals surface area contributed by atoms with Crippen LogP contribution in [0.3, 0.4) is 0 Å². The summed E-state index contributed by atoms with van der Waals surface area (Å²) in [6, 6.07) is 1.45. The molecule has 0 bridgehead atoms. The zero-order valence-electron chi connectivity index (χ0n) is 13.6. The maximum atomic E-state index is 3.66. The molecule has 114 valence electrons. The topological polar surface area (TPSA) is 18.5 Å². The van der Waals surface area contributed by atoms with Crippen LogP contribution >= 0.6 is 0 Å². The van der Waals surface area contributed by atoms with E-state index in [9.17, 15) is 0 Å². The highest BCUT2D eigenvalue weighted by molar-refractivity contribution is 4.76. The predicted octanol–water partition coefficient (Wildman–Crippen LogP) is 2.57. The second kappa shape index (κ2) is 9.73. The fraction of sp³-hybridized carbons (Fsp3) is 1.00. The van der Waals surface area contributed by atoms with Crippen molar-refractivity contribution in [2.75, 3.05) is 39.8 Å². The standard InChI is InChI=1S/C16H35N3/c1-5-10-17-16(6-2)9-7-12-19-13-8-11-18(4)14-15(19)3/h15-17H,5-14H2,1-4H3. The molecule has 1 aliphatic rings. The Hall–Kier alpha value is -0.120. The molecule has 1 aliphatic heterocycles. The number of hydrogen-bond donors (Lipinski definition) is 1. The van der Waals surface area contributed by atoms with Crippen molar-refractivity contribution < 1.29 is 0 Å². The van der Waals surface area contributed by atoms with Crippen molar-refractivity contribution in [2.24, 2.45) is 0 Å². The van der Waals surface area contributed by atoms with Gasteiger partial charge in [0.1, 0.15) is 0 Å². The maximum absolute atomic E-state index is 3.66. The molecule has 0 saturated carbocycles. The highest BCUT2D eigenvalue weighted by Crippen LogP contribution is 2.11. The zero-order valence-corrected chi connectivity index (χ0v) is 13.6. The van der Waals surface area contributed by atoms with E-state index < -0.39 is 0 Å². The van der Waals surface area contributed by atoms with Crippen LogP contribution in [0, 0.1) is 0 Å². The molecular weight excluding hydrogens is 234 g/mol. The van der Waals surface area contributed by atoms with Gasteiger partial charge in [0.25, 0.3) is 0 Å². The molecule has 2 atom stereocenters. The van der Waals surface area contributed by atoms with E-state index in [4.69, 9.17) is 0 Å². The molecule has 1 fully saturated rings. The fourth-order valence-corrected chi connectivity index (χ4v) is 3.09. The van der Waals surface area contributed by atoms with Gasteiger partial charge in [0.05, 0.1) is 0 Å². The minimum absolute atomic E-state index is 0.719. The van der Waals surface area contributed by atoms with Gasteiger partial charge in [0.2, 0.25) is 0 Å². The van der Waals surface area contributed by atoms with Crippen molar-refractivity contribution in [3.8, 4) is 0 Å². The first kappa shape index (κ1) is 16.9. The Bertz CT molecular complexity index is 220. The van der Waals surface area contributed by atoms with Gasteiger partial charge in [-0.1, -0.05) is 13.8 Å². The molecular formula is C16H35N3. The molecule has 0 spiro atoms. The minimum Gasteiger partial charge on any atom is -0.314 e. The van der Waals surface area contributed by atoms with Crippen molar-refractivity contribution in [1.82, 2.24) is 15.1 Å². The molecule has 0 radical (unpaired) electrons. The molecule has 0 amide bonds. The van der Waals surface area contributed by atoms with Gasteiger partial charge < -0.3 is 10.2 Å². The normalized spacial score (nSPS) is 24.3. The van der Waals surface area contributed by atoms with E-state index in [0.717, 1.165) is 12.1 Å². The van der Waals surface area contributed by atoms with Crippen molar-refractivity contribution in [1.29, 1.82) is 0 Å². The summed E-state index contributed by atoms with van der Waals surface area (Å²) in [4.78, 5) is 5.17. The molecule has 1 heterocycles. The molecule has 0 aromatic carbocycles. The summed E-state index contributed by atoms with van der Waals surface area (Å²) in [5.74, 6) is 0. The third kappa shape index (κ3) is 6.73. The van der Waals surface area contributed by atoms with Crippen molar-refractivity contribution in [3.63, 3.8) is 0 Å². The smallest absolute Gasteiger partial charge is 0.0194 e. The van der Waals surface area contributed by atoms with Crippen molar-refractivity contribution in [2.45, 2.75) is 65.0 Å². The van der Waals surface area contributed by atoms with E-state index in [0.29, 0.717) is 0 Å². The summed E-state index contributed by atoms with van der Waals surface area (Å²) < 4.78 is 0. The first-order valence-electron chi connectivity index (χ1n) is 8.33. The Morgan fingerprint density at radius 1 is 1.26 bits per heavy atom. The first-order valence-corrected chi connectivity index (χ1v) is 8.33. The number of likely N-dealkylation sites (N-methyl/N-ethyl adjacent to an activating group) is 1. The highest BCUT2D eigenvalue weighted by atomic mass is 15.2. The van der Waals surface area contributed by atoms with Crippen LogP contribution < -0.4 is 5.32 Å². The van der Waals surface area contributed by atoms with Gasteiger partial charge in [0, 0.05) is 18.6 Å². The number of rotatable bonds is 8. The lowest BCUT2D eigenvalue weighted by Gasteiger charge is -2.28. The molecule has 1 N–H and O–H groups in total. The average Bonchev–Trinajstić information content (AvgIpc) is 2.55. The monoisotopic (exact) mass is 269 g/mol. The lowest BCUT2D eigenvalue weighted by molar-refractivity contribution is 0.196. The molecule has 3 nitrogen and oxygen atoms in total. The molecule has 2 unspecified atom stereocenters. The van der Waals surface area contributed by atoms with Gasteiger partial charge in [0.15, 0.2) is 0 Å². The van der Waals surface area contributed by atoms with Crippen LogP contribution in [0.25, 0.3) is 0 Å². The van der Waals surface area contributed by atoms with E-state index in [1.165, 1.54) is 64.8 Å². The fourth-order valence-electron chi connectivity index (χ4n) is 3.09. The molecule has 3 heteroatoms. The van der Waals surface area contributed by atoms with E-state index in [-0.39, 0.29) is 0 Å². The largest absolute Gasteiger partial charge is 0.314 e. The molecule has 0 aliphatic carbocycles. The number of hydrogen-bond acceptors (Lipinski definition) is 3. The van der Waals surface area contributed by atoms with Crippen LogP contribution in [0.5, 0.6) is 0 Å². The third-order valence-electron chi connectivity index (χ3n) is 4.36. The summed E-state index contributed by atoms with van der Waals surface area (Å²) in [6.07, 6.45) is 6.50. The summed E-state index contributed by atoms with van der Waals surface area (Å²) >= 11 is 0. The van der Waals surface area contributed by atoms with E-state index in [2.05, 4.69) is 42.9 Å². The lowest BCUT2D eigenvalue weighted by Crippen LogP contribution is -2.39. The summed E-state index contributed by atoms with van der Waals surface area (Å²) in [7, 11) is 2.25. The number of nitrogens with one attached hydrogen (secondary N) is 1. The average molecular weight is 269 g/mol. The second-order valence-corrected chi connectivity index (χ2v) is 6.20. The van der Waals surface area contributed by atoms with E-state index >= 15 is 0 Å². The Kier molecular flexibility index (Phi) is 8.67. The first-order chi connectivity index (χ1) is 9.17. The summed E-state index contributed by atoms with van der Waals surface area (Å²) in [5.41, 5.74) is 0. The number of nitrogens with zero attached hydrogens (tertiary/aromatic N) is 2. The second-order valence-electron chi connectivity index (χ2n) is 6.20. The van der Waals surface area contributed by atoms with Crippen LogP contribution in [-0.2, 0) is 0 Å². The summed E-state index contributed by atoms with van der Waals surface area (Å²) in [5, 5.41) is 3.66. The SMILES string of the molecule is CCCNC(CC)CCCN1CCCN(C)CC1C. The van der Waals surface area contributed by atoms with E-state index in [1.54, 1.807) is 0 Å². The molecule has 1 saturated heterocycles. The highest BCUT2D eigenvalue weighted by Gasteiger charge is 2.19. The predicted molar refractivity (Wildman–Crippen MR) is 84.8 cm³/mol. The van der Waals surface area contributed by atoms with Crippen LogP contribution in [0.4, 0.5) is 0 Å². The summed E-state index contributed by atoms with van der Waals surface area (Å²) in [6.45, 7) is 13.1. The van der Waals surface area contributed by atoms with Crippen molar-refractivity contribution >= 4 is 0 Å². The van der Waals surface area contributed by atoms with Crippen LogP contribution in [-0.4, -0.2) is 61.7 Å². The maximum Gasteiger partial charge on any atom is 0.0194 e. The lowest BCUT2D eigenvalue weighted by atomic mass is 10.1. The van der Waals surface area contributed by atoms with Gasteiger partial charge in [-0.2, -0.15) is 0 Å². The third-order valence-corrected chi connectivity index (χ3v) is 4.36. The molecule has 19 heavy (non-hydrogen) atoms. The molecule has 1 rings (SSSR count). The van der Waals surface area contributed by atoms with E-state index in [1.807, 2.05) is 0 Å². The quantitative estimate of drug-likeness (QED) is 0.730. The van der Waals surface area contributed by atoms with Gasteiger partial charge in [-0.05, 0) is 72.3 Å². The molecule has 0 aromatic heterocycles. The Morgan fingerprint density at radius 2 is 2.05 bits per heavy atom. The molecule has 0 aromatic rings. The van der Waals surface area contributed by atoms with Gasteiger partial charge in [-0.3, -0.25) is 4.90 Å². The Balaban J connectivity index is 2.22. The van der Waals surface area contributed by atoms with Gasteiger partial charge >= 0.3 is 0 Å².